The van der Waals surface area contributed by atoms with Gasteiger partial charge in [0.25, 0.3) is 0 Å². The van der Waals surface area contributed by atoms with E-state index < -0.39 is 10.0 Å². The van der Waals surface area contributed by atoms with E-state index >= 15 is 0 Å². The average Bonchev–Trinajstić information content (AvgIpc) is 2.46. The van der Waals surface area contributed by atoms with Crippen LogP contribution in [0.3, 0.4) is 0 Å². The minimum atomic E-state index is -3.69. The minimum Gasteiger partial charge on any atom is -0.326 e. The molecule has 0 aliphatic carbocycles. The summed E-state index contributed by atoms with van der Waals surface area (Å²) in [6.45, 7) is 4.05. The fourth-order valence-electron chi connectivity index (χ4n) is 2.88. The maximum absolute atomic E-state index is 13.0. The number of nitrogens with two attached hydrogens (primary N) is 1. The first-order valence-corrected chi connectivity index (χ1v) is 8.60. The van der Waals surface area contributed by atoms with E-state index in [2.05, 4.69) is 0 Å². The summed E-state index contributed by atoms with van der Waals surface area (Å²) >= 11 is 0. The molecule has 2 unspecified atom stereocenters. The number of nitriles is 1. The SMILES string of the molecule is Cc1cccc(S(=O)(=O)N2CCCCC2C(C)N)c1C#N. The summed E-state index contributed by atoms with van der Waals surface area (Å²) in [5, 5.41) is 9.28. The molecule has 1 aromatic carbocycles. The van der Waals surface area contributed by atoms with E-state index in [1.165, 1.54) is 10.4 Å². The summed E-state index contributed by atoms with van der Waals surface area (Å²) in [5.74, 6) is 0. The lowest BCUT2D eigenvalue weighted by atomic mass is 10.00. The number of benzene rings is 1. The van der Waals surface area contributed by atoms with Crippen molar-refractivity contribution in [2.75, 3.05) is 6.54 Å². The van der Waals surface area contributed by atoms with Gasteiger partial charge in [0.05, 0.1) is 5.56 Å². The molecule has 0 amide bonds. The van der Waals surface area contributed by atoms with Crippen molar-refractivity contribution in [3.63, 3.8) is 0 Å². The Morgan fingerprint density at radius 1 is 1.43 bits per heavy atom. The van der Waals surface area contributed by atoms with Crippen molar-refractivity contribution in [3.8, 4) is 6.07 Å². The van der Waals surface area contributed by atoms with Crippen molar-refractivity contribution < 1.29 is 8.42 Å². The summed E-state index contributed by atoms with van der Waals surface area (Å²) in [7, 11) is -3.69. The molecule has 1 aliphatic rings. The van der Waals surface area contributed by atoms with Crippen LogP contribution < -0.4 is 5.73 Å². The van der Waals surface area contributed by atoms with Gasteiger partial charge < -0.3 is 5.73 Å². The second kappa shape index (κ2) is 6.14. The Labute approximate surface area is 126 Å². The molecule has 1 aromatic rings. The molecule has 1 heterocycles. The second-order valence-electron chi connectivity index (χ2n) is 5.60. The van der Waals surface area contributed by atoms with E-state index in [-0.39, 0.29) is 22.5 Å². The molecular weight excluding hydrogens is 286 g/mol. The maximum atomic E-state index is 13.0. The van der Waals surface area contributed by atoms with E-state index in [4.69, 9.17) is 5.73 Å². The van der Waals surface area contributed by atoms with Crippen LogP contribution in [0.2, 0.25) is 0 Å². The lowest BCUT2D eigenvalue weighted by Crippen LogP contribution is -2.51. The number of rotatable bonds is 3. The number of aryl methyl sites for hydroxylation is 1. The first-order valence-electron chi connectivity index (χ1n) is 7.16. The van der Waals surface area contributed by atoms with Gasteiger partial charge in [-0.3, -0.25) is 0 Å². The molecule has 1 saturated heterocycles. The monoisotopic (exact) mass is 307 g/mol. The second-order valence-corrected chi connectivity index (χ2v) is 7.46. The molecule has 5 nitrogen and oxygen atoms in total. The first kappa shape index (κ1) is 16.0. The van der Waals surface area contributed by atoms with Crippen LogP contribution in [-0.4, -0.2) is 31.4 Å². The molecule has 2 rings (SSSR count). The number of hydrogen-bond acceptors (Lipinski definition) is 4. The Kier molecular flexibility index (Phi) is 4.67. The summed E-state index contributed by atoms with van der Waals surface area (Å²) in [5.41, 5.74) is 6.86. The number of hydrogen-bond donors (Lipinski definition) is 1. The van der Waals surface area contributed by atoms with Crippen molar-refractivity contribution in [3.05, 3.63) is 29.3 Å². The molecule has 114 valence electrons. The van der Waals surface area contributed by atoms with Crippen LogP contribution in [-0.2, 0) is 10.0 Å². The number of nitrogens with zero attached hydrogens (tertiary/aromatic N) is 2. The average molecular weight is 307 g/mol. The maximum Gasteiger partial charge on any atom is 0.244 e. The Morgan fingerprint density at radius 2 is 2.14 bits per heavy atom. The molecule has 1 aliphatic heterocycles. The Morgan fingerprint density at radius 3 is 2.76 bits per heavy atom. The van der Waals surface area contributed by atoms with Crippen molar-refractivity contribution in [1.29, 1.82) is 5.26 Å². The first-order chi connectivity index (χ1) is 9.89. The highest BCUT2D eigenvalue weighted by atomic mass is 32.2. The van der Waals surface area contributed by atoms with E-state index in [1.54, 1.807) is 19.1 Å². The predicted octanol–water partition coefficient (Wildman–Crippen LogP) is 1.76. The lowest BCUT2D eigenvalue weighted by Gasteiger charge is -2.37. The highest BCUT2D eigenvalue weighted by Crippen LogP contribution is 2.29. The Bertz CT molecular complexity index is 662. The van der Waals surface area contributed by atoms with Gasteiger partial charge in [0, 0.05) is 18.6 Å². The van der Waals surface area contributed by atoms with Crippen LogP contribution >= 0.6 is 0 Å². The van der Waals surface area contributed by atoms with Crippen LogP contribution in [0, 0.1) is 18.3 Å². The molecule has 0 aromatic heterocycles. The van der Waals surface area contributed by atoms with Crippen LogP contribution in [0.5, 0.6) is 0 Å². The largest absolute Gasteiger partial charge is 0.326 e. The molecule has 0 radical (unpaired) electrons. The normalized spacial score (nSPS) is 21.7. The third kappa shape index (κ3) is 2.95. The van der Waals surface area contributed by atoms with Gasteiger partial charge in [-0.15, -0.1) is 0 Å². The summed E-state index contributed by atoms with van der Waals surface area (Å²) in [6, 6.07) is 6.52. The zero-order valence-corrected chi connectivity index (χ0v) is 13.2. The Hall–Kier alpha value is -1.42. The third-order valence-corrected chi connectivity index (χ3v) is 6.01. The third-order valence-electron chi connectivity index (χ3n) is 4.04. The van der Waals surface area contributed by atoms with Crippen LogP contribution in [0.4, 0.5) is 0 Å². The highest BCUT2D eigenvalue weighted by molar-refractivity contribution is 7.89. The smallest absolute Gasteiger partial charge is 0.244 e. The van der Waals surface area contributed by atoms with Crippen molar-refractivity contribution in [2.24, 2.45) is 5.73 Å². The summed E-state index contributed by atoms with van der Waals surface area (Å²) < 4.78 is 27.4. The molecule has 6 heteroatoms. The van der Waals surface area contributed by atoms with Crippen LogP contribution in [0.1, 0.15) is 37.3 Å². The summed E-state index contributed by atoms with van der Waals surface area (Å²) in [4.78, 5) is 0.0950. The van der Waals surface area contributed by atoms with Crippen molar-refractivity contribution in [1.82, 2.24) is 4.31 Å². The predicted molar refractivity (Wildman–Crippen MR) is 81.1 cm³/mol. The van der Waals surface area contributed by atoms with Gasteiger partial charge >= 0.3 is 0 Å². The van der Waals surface area contributed by atoms with Crippen molar-refractivity contribution >= 4 is 10.0 Å². The van der Waals surface area contributed by atoms with E-state index in [0.29, 0.717) is 12.1 Å². The van der Waals surface area contributed by atoms with Gasteiger partial charge in [-0.05, 0) is 38.3 Å². The van der Waals surface area contributed by atoms with Gasteiger partial charge in [0.1, 0.15) is 11.0 Å². The van der Waals surface area contributed by atoms with E-state index in [0.717, 1.165) is 19.3 Å². The standard InChI is InChI=1S/C15H21N3O2S/c1-11-6-5-8-15(13(11)10-16)21(19,20)18-9-4-3-7-14(18)12(2)17/h5-6,8,12,14H,3-4,7,9,17H2,1-2H3. The van der Waals surface area contributed by atoms with Crippen LogP contribution in [0.25, 0.3) is 0 Å². The Balaban J connectivity index is 2.51. The zero-order chi connectivity index (χ0) is 15.6. The molecule has 0 saturated carbocycles. The fraction of sp³-hybridized carbons (Fsp3) is 0.533. The summed E-state index contributed by atoms with van der Waals surface area (Å²) in [6.07, 6.45) is 2.58. The molecule has 21 heavy (non-hydrogen) atoms. The topological polar surface area (TPSA) is 87.2 Å². The van der Waals surface area contributed by atoms with Gasteiger partial charge in [0.15, 0.2) is 0 Å². The minimum absolute atomic E-state index is 0.0950. The van der Waals surface area contributed by atoms with E-state index in [9.17, 15) is 13.7 Å². The van der Waals surface area contributed by atoms with Gasteiger partial charge in [-0.2, -0.15) is 9.57 Å². The number of sulfonamides is 1. The van der Waals surface area contributed by atoms with Gasteiger partial charge in [0.2, 0.25) is 10.0 Å². The van der Waals surface area contributed by atoms with E-state index in [1.807, 2.05) is 13.0 Å². The molecule has 1 fully saturated rings. The van der Waals surface area contributed by atoms with Gasteiger partial charge in [-0.25, -0.2) is 8.42 Å². The van der Waals surface area contributed by atoms with Crippen molar-refractivity contribution in [2.45, 2.75) is 50.1 Å². The lowest BCUT2D eigenvalue weighted by molar-refractivity contribution is 0.227. The van der Waals surface area contributed by atoms with Crippen LogP contribution in [0.15, 0.2) is 23.1 Å². The molecular formula is C15H21N3O2S. The number of piperidine rings is 1. The quantitative estimate of drug-likeness (QED) is 0.921. The highest BCUT2D eigenvalue weighted by Gasteiger charge is 2.36. The fourth-order valence-corrected chi connectivity index (χ4v) is 4.87. The molecule has 2 N–H and O–H groups in total. The molecule has 0 bridgehead atoms. The molecule has 0 spiro atoms. The molecule has 2 atom stereocenters. The van der Waals surface area contributed by atoms with Gasteiger partial charge in [-0.1, -0.05) is 18.6 Å². The zero-order valence-electron chi connectivity index (χ0n) is 12.4.